The third kappa shape index (κ3) is 6.74. The maximum atomic E-state index is 3.55. The Morgan fingerprint density at radius 1 is 1.05 bits per heavy atom. The van der Waals surface area contributed by atoms with Crippen molar-refractivity contribution in [1.82, 2.24) is 10.2 Å². The van der Waals surface area contributed by atoms with E-state index in [1.807, 2.05) is 0 Å². The fraction of sp³-hybridized carbons (Fsp3) is 0.647. The molecule has 2 heteroatoms. The smallest absolute Gasteiger partial charge is 0.00355 e. The molecular weight excluding hydrogens is 232 g/mol. The van der Waals surface area contributed by atoms with Gasteiger partial charge in [-0.3, -0.25) is 0 Å². The SMILES string of the molecule is CC(CCNCCCN(C)C(C)C)c1ccccc1. The van der Waals surface area contributed by atoms with Crippen molar-refractivity contribution in [3.05, 3.63) is 35.9 Å². The lowest BCUT2D eigenvalue weighted by atomic mass is 9.98. The van der Waals surface area contributed by atoms with E-state index in [9.17, 15) is 0 Å². The van der Waals surface area contributed by atoms with Crippen LogP contribution in [0.15, 0.2) is 30.3 Å². The number of nitrogens with one attached hydrogen (secondary N) is 1. The minimum atomic E-state index is 0.645. The van der Waals surface area contributed by atoms with E-state index in [-0.39, 0.29) is 0 Å². The molecule has 0 heterocycles. The zero-order chi connectivity index (χ0) is 14.1. The summed E-state index contributed by atoms with van der Waals surface area (Å²) in [5, 5.41) is 3.55. The van der Waals surface area contributed by atoms with Crippen molar-refractivity contribution in [2.24, 2.45) is 0 Å². The maximum absolute atomic E-state index is 3.55. The lowest BCUT2D eigenvalue weighted by molar-refractivity contribution is 0.269. The molecule has 0 aliphatic carbocycles. The van der Waals surface area contributed by atoms with Gasteiger partial charge in [-0.2, -0.15) is 0 Å². The molecule has 1 atom stereocenters. The third-order valence-corrected chi connectivity index (χ3v) is 3.87. The van der Waals surface area contributed by atoms with Gasteiger partial charge in [0.05, 0.1) is 0 Å². The summed E-state index contributed by atoms with van der Waals surface area (Å²) < 4.78 is 0. The van der Waals surface area contributed by atoms with Crippen LogP contribution in [0.3, 0.4) is 0 Å². The number of nitrogens with zero attached hydrogens (tertiary/aromatic N) is 1. The highest BCUT2D eigenvalue weighted by atomic mass is 15.1. The second-order valence-electron chi connectivity index (χ2n) is 5.78. The van der Waals surface area contributed by atoms with Crippen LogP contribution in [-0.4, -0.2) is 37.6 Å². The van der Waals surface area contributed by atoms with Crippen LogP contribution in [0.5, 0.6) is 0 Å². The van der Waals surface area contributed by atoms with Crippen molar-refractivity contribution in [1.29, 1.82) is 0 Å². The lowest BCUT2D eigenvalue weighted by Crippen LogP contribution is -2.29. The molecule has 0 bridgehead atoms. The van der Waals surface area contributed by atoms with Gasteiger partial charge in [-0.25, -0.2) is 0 Å². The first-order valence-electron chi connectivity index (χ1n) is 7.57. The molecule has 108 valence electrons. The quantitative estimate of drug-likeness (QED) is 0.685. The van der Waals surface area contributed by atoms with Gasteiger partial charge in [-0.05, 0) is 64.9 Å². The molecule has 0 radical (unpaired) electrons. The summed E-state index contributed by atoms with van der Waals surface area (Å²) in [7, 11) is 2.20. The molecule has 1 unspecified atom stereocenters. The maximum Gasteiger partial charge on any atom is 0.00355 e. The van der Waals surface area contributed by atoms with Crippen molar-refractivity contribution >= 4 is 0 Å². The Bertz CT molecular complexity index is 321. The van der Waals surface area contributed by atoms with Crippen molar-refractivity contribution in [2.45, 2.75) is 45.6 Å². The summed E-state index contributed by atoms with van der Waals surface area (Å²) in [6, 6.07) is 11.4. The highest BCUT2D eigenvalue weighted by molar-refractivity contribution is 5.18. The fourth-order valence-corrected chi connectivity index (χ4v) is 2.10. The van der Waals surface area contributed by atoms with Crippen LogP contribution in [0.4, 0.5) is 0 Å². The van der Waals surface area contributed by atoms with Gasteiger partial charge in [0.1, 0.15) is 0 Å². The summed E-state index contributed by atoms with van der Waals surface area (Å²) >= 11 is 0. The van der Waals surface area contributed by atoms with Crippen molar-refractivity contribution in [3.63, 3.8) is 0 Å². The predicted molar refractivity (Wildman–Crippen MR) is 84.7 cm³/mol. The molecule has 1 aromatic rings. The van der Waals surface area contributed by atoms with E-state index < -0.39 is 0 Å². The number of benzene rings is 1. The van der Waals surface area contributed by atoms with Crippen molar-refractivity contribution in [2.75, 3.05) is 26.7 Å². The Labute approximate surface area is 119 Å². The molecule has 0 fully saturated rings. The molecule has 2 nitrogen and oxygen atoms in total. The van der Waals surface area contributed by atoms with E-state index in [1.54, 1.807) is 0 Å². The normalized spacial score (nSPS) is 13.2. The molecule has 0 saturated carbocycles. The predicted octanol–water partition coefficient (Wildman–Crippen LogP) is 3.50. The summed E-state index contributed by atoms with van der Waals surface area (Å²) in [5.41, 5.74) is 1.45. The second kappa shape index (κ2) is 9.11. The monoisotopic (exact) mass is 262 g/mol. The van der Waals surface area contributed by atoms with E-state index in [1.165, 1.54) is 24.9 Å². The molecule has 0 spiro atoms. The standard InChI is InChI=1S/C17H30N2/c1-15(2)19(4)14-8-12-18-13-11-16(3)17-9-6-5-7-10-17/h5-7,9-10,15-16,18H,8,11-14H2,1-4H3. The van der Waals surface area contributed by atoms with Gasteiger partial charge in [-0.1, -0.05) is 37.3 Å². The summed E-state index contributed by atoms with van der Waals surface area (Å²) in [5.74, 6) is 0.645. The van der Waals surface area contributed by atoms with Crippen LogP contribution < -0.4 is 5.32 Å². The van der Waals surface area contributed by atoms with Gasteiger partial charge < -0.3 is 10.2 Å². The van der Waals surface area contributed by atoms with Crippen LogP contribution in [-0.2, 0) is 0 Å². The summed E-state index contributed by atoms with van der Waals surface area (Å²) in [6.07, 6.45) is 2.44. The zero-order valence-corrected chi connectivity index (χ0v) is 13.0. The average Bonchev–Trinajstić information content (AvgIpc) is 2.42. The van der Waals surface area contributed by atoms with E-state index in [2.05, 4.69) is 68.4 Å². The topological polar surface area (TPSA) is 15.3 Å². The Morgan fingerprint density at radius 3 is 2.37 bits per heavy atom. The Morgan fingerprint density at radius 2 is 1.74 bits per heavy atom. The highest BCUT2D eigenvalue weighted by Gasteiger charge is 2.04. The minimum absolute atomic E-state index is 0.645. The molecule has 0 aromatic heterocycles. The largest absolute Gasteiger partial charge is 0.317 e. The van der Waals surface area contributed by atoms with Crippen LogP contribution in [0.2, 0.25) is 0 Å². The van der Waals surface area contributed by atoms with Gasteiger partial charge >= 0.3 is 0 Å². The Hall–Kier alpha value is -0.860. The molecule has 0 aliphatic heterocycles. The first kappa shape index (κ1) is 16.2. The van der Waals surface area contributed by atoms with Crippen molar-refractivity contribution < 1.29 is 0 Å². The summed E-state index contributed by atoms with van der Waals surface area (Å²) in [6.45, 7) is 10.2. The van der Waals surface area contributed by atoms with Crippen LogP contribution in [0.25, 0.3) is 0 Å². The summed E-state index contributed by atoms with van der Waals surface area (Å²) in [4.78, 5) is 2.40. The molecule has 1 N–H and O–H groups in total. The first-order valence-corrected chi connectivity index (χ1v) is 7.57. The van der Waals surface area contributed by atoms with Crippen LogP contribution in [0.1, 0.15) is 45.1 Å². The van der Waals surface area contributed by atoms with Crippen LogP contribution in [0, 0.1) is 0 Å². The van der Waals surface area contributed by atoms with Gasteiger partial charge in [0.2, 0.25) is 0 Å². The third-order valence-electron chi connectivity index (χ3n) is 3.87. The molecule has 0 aliphatic rings. The Kier molecular flexibility index (Phi) is 7.76. The Balaban J connectivity index is 2.05. The highest BCUT2D eigenvalue weighted by Crippen LogP contribution is 2.17. The average molecular weight is 262 g/mol. The van der Waals surface area contributed by atoms with E-state index >= 15 is 0 Å². The lowest BCUT2D eigenvalue weighted by Gasteiger charge is -2.20. The molecule has 19 heavy (non-hydrogen) atoms. The molecule has 0 amide bonds. The van der Waals surface area contributed by atoms with E-state index in [0.29, 0.717) is 12.0 Å². The first-order chi connectivity index (χ1) is 9.11. The van der Waals surface area contributed by atoms with Crippen LogP contribution >= 0.6 is 0 Å². The molecule has 0 saturated heterocycles. The zero-order valence-electron chi connectivity index (χ0n) is 13.0. The van der Waals surface area contributed by atoms with Gasteiger partial charge in [0, 0.05) is 6.04 Å². The number of hydrogen-bond acceptors (Lipinski definition) is 2. The second-order valence-corrected chi connectivity index (χ2v) is 5.78. The fourth-order valence-electron chi connectivity index (χ4n) is 2.10. The number of rotatable bonds is 9. The van der Waals surface area contributed by atoms with Gasteiger partial charge in [0.25, 0.3) is 0 Å². The van der Waals surface area contributed by atoms with E-state index in [4.69, 9.17) is 0 Å². The molecular formula is C17H30N2. The number of hydrogen-bond donors (Lipinski definition) is 1. The van der Waals surface area contributed by atoms with Gasteiger partial charge in [-0.15, -0.1) is 0 Å². The van der Waals surface area contributed by atoms with Gasteiger partial charge in [0.15, 0.2) is 0 Å². The molecule has 1 rings (SSSR count). The minimum Gasteiger partial charge on any atom is -0.317 e. The van der Waals surface area contributed by atoms with E-state index in [0.717, 1.165) is 13.1 Å². The van der Waals surface area contributed by atoms with Crippen molar-refractivity contribution in [3.8, 4) is 0 Å². The molecule has 1 aromatic carbocycles.